The third-order valence-corrected chi connectivity index (χ3v) is 4.98. The summed E-state index contributed by atoms with van der Waals surface area (Å²) < 4.78 is 5.44. The van der Waals surface area contributed by atoms with Crippen LogP contribution in [0, 0.1) is 0 Å². The fourth-order valence-corrected chi connectivity index (χ4v) is 3.47. The van der Waals surface area contributed by atoms with E-state index in [4.69, 9.17) is 9.52 Å². The summed E-state index contributed by atoms with van der Waals surface area (Å²) >= 11 is 0. The van der Waals surface area contributed by atoms with Gasteiger partial charge in [0.1, 0.15) is 5.76 Å². The van der Waals surface area contributed by atoms with Gasteiger partial charge >= 0.3 is 0 Å². The first-order chi connectivity index (χ1) is 12.2. The van der Waals surface area contributed by atoms with Crippen LogP contribution in [-0.4, -0.2) is 48.2 Å². The Hall–Kier alpha value is -1.56. The van der Waals surface area contributed by atoms with Crippen molar-refractivity contribution in [3.8, 4) is 0 Å². The van der Waals surface area contributed by atoms with Gasteiger partial charge in [0.25, 0.3) is 0 Å². The predicted octanol–water partition coefficient (Wildman–Crippen LogP) is 2.73. The molecule has 2 rings (SSSR count). The van der Waals surface area contributed by atoms with Gasteiger partial charge in [0, 0.05) is 31.1 Å². The Bertz CT molecular complexity index is 512. The minimum atomic E-state index is 0.583. The first-order valence-electron chi connectivity index (χ1n) is 9.95. The van der Waals surface area contributed by atoms with Gasteiger partial charge in [-0.2, -0.15) is 0 Å². The van der Waals surface area contributed by atoms with Crippen molar-refractivity contribution < 1.29 is 4.52 Å². The Morgan fingerprint density at radius 2 is 1.92 bits per heavy atom. The highest BCUT2D eigenvalue weighted by Crippen LogP contribution is 2.17. The third kappa shape index (κ3) is 5.46. The minimum absolute atomic E-state index is 0.583. The monoisotopic (exact) mass is 349 g/mol. The van der Waals surface area contributed by atoms with Crippen LogP contribution in [0.3, 0.4) is 0 Å². The summed E-state index contributed by atoms with van der Waals surface area (Å²) in [6.07, 6.45) is 5.56. The van der Waals surface area contributed by atoms with Crippen LogP contribution in [-0.2, 0) is 19.4 Å². The Balaban J connectivity index is 1.99. The lowest BCUT2D eigenvalue weighted by Gasteiger charge is -2.27. The van der Waals surface area contributed by atoms with Gasteiger partial charge < -0.3 is 15.2 Å². The lowest BCUT2D eigenvalue weighted by atomic mass is 10.1. The van der Waals surface area contributed by atoms with Crippen LogP contribution in [0.25, 0.3) is 0 Å². The summed E-state index contributed by atoms with van der Waals surface area (Å²) in [4.78, 5) is 7.38. The molecule has 6 heteroatoms. The number of likely N-dealkylation sites (tertiary alicyclic amines) is 1. The SMILES string of the molecule is CCNC(=NCc1c(CC)noc1CC)NCC(CC)N1CCCC1. The van der Waals surface area contributed by atoms with Crippen molar-refractivity contribution in [3.63, 3.8) is 0 Å². The average Bonchev–Trinajstić information content (AvgIpc) is 3.29. The highest BCUT2D eigenvalue weighted by molar-refractivity contribution is 5.79. The maximum absolute atomic E-state index is 5.44. The molecule has 142 valence electrons. The van der Waals surface area contributed by atoms with Crippen LogP contribution < -0.4 is 10.6 Å². The Morgan fingerprint density at radius 3 is 2.52 bits per heavy atom. The average molecular weight is 350 g/mol. The molecule has 0 aromatic carbocycles. The highest BCUT2D eigenvalue weighted by atomic mass is 16.5. The van der Waals surface area contributed by atoms with E-state index in [1.165, 1.54) is 25.9 Å². The zero-order valence-electron chi connectivity index (χ0n) is 16.4. The number of hydrogen-bond donors (Lipinski definition) is 2. The van der Waals surface area contributed by atoms with E-state index in [1.54, 1.807) is 0 Å². The number of aryl methyl sites for hydroxylation is 2. The van der Waals surface area contributed by atoms with Gasteiger partial charge in [-0.05, 0) is 45.7 Å². The summed E-state index contributed by atoms with van der Waals surface area (Å²) in [6.45, 7) is 13.4. The van der Waals surface area contributed by atoms with Crippen molar-refractivity contribution in [1.82, 2.24) is 20.7 Å². The van der Waals surface area contributed by atoms with Crippen LogP contribution >= 0.6 is 0 Å². The van der Waals surface area contributed by atoms with Gasteiger partial charge in [0.2, 0.25) is 0 Å². The van der Waals surface area contributed by atoms with Crippen LogP contribution in [0.1, 0.15) is 64.0 Å². The number of nitrogens with one attached hydrogen (secondary N) is 2. The van der Waals surface area contributed by atoms with E-state index in [-0.39, 0.29) is 0 Å². The van der Waals surface area contributed by atoms with E-state index in [1.807, 2.05) is 0 Å². The van der Waals surface area contributed by atoms with Gasteiger partial charge in [-0.1, -0.05) is 25.9 Å². The number of nitrogens with zero attached hydrogens (tertiary/aromatic N) is 3. The summed E-state index contributed by atoms with van der Waals surface area (Å²) in [5, 5.41) is 11.1. The maximum atomic E-state index is 5.44. The molecule has 1 aromatic rings. The van der Waals surface area contributed by atoms with E-state index in [2.05, 4.69) is 48.4 Å². The van der Waals surface area contributed by atoms with Gasteiger partial charge in [0.15, 0.2) is 5.96 Å². The normalized spacial score (nSPS) is 17.0. The molecule has 1 unspecified atom stereocenters. The Kier molecular flexibility index (Phi) is 8.25. The summed E-state index contributed by atoms with van der Waals surface area (Å²) in [7, 11) is 0. The fourth-order valence-electron chi connectivity index (χ4n) is 3.47. The number of rotatable bonds is 9. The van der Waals surface area contributed by atoms with E-state index in [0.717, 1.165) is 55.3 Å². The molecule has 1 saturated heterocycles. The van der Waals surface area contributed by atoms with E-state index in [9.17, 15) is 0 Å². The standard InChI is InChI=1S/C19H35N5O/c1-5-15(24-11-9-10-12-24)13-21-19(20-8-4)22-14-16-17(6-2)23-25-18(16)7-3/h15H,5-14H2,1-4H3,(H2,20,21,22). The molecule has 1 atom stereocenters. The topological polar surface area (TPSA) is 65.7 Å². The first-order valence-corrected chi connectivity index (χ1v) is 9.95. The van der Waals surface area contributed by atoms with E-state index < -0.39 is 0 Å². The van der Waals surface area contributed by atoms with Gasteiger partial charge in [-0.15, -0.1) is 0 Å². The quantitative estimate of drug-likeness (QED) is 0.530. The minimum Gasteiger partial charge on any atom is -0.361 e. The van der Waals surface area contributed by atoms with Crippen molar-refractivity contribution in [1.29, 1.82) is 0 Å². The van der Waals surface area contributed by atoms with Crippen LogP contribution in [0.2, 0.25) is 0 Å². The van der Waals surface area contributed by atoms with Crippen molar-refractivity contribution in [2.75, 3.05) is 26.2 Å². The third-order valence-electron chi connectivity index (χ3n) is 4.98. The number of aromatic nitrogens is 1. The maximum Gasteiger partial charge on any atom is 0.191 e. The molecule has 25 heavy (non-hydrogen) atoms. The summed E-state index contributed by atoms with van der Waals surface area (Å²) in [5.41, 5.74) is 2.17. The molecule has 1 aliphatic heterocycles. The zero-order valence-corrected chi connectivity index (χ0v) is 16.4. The molecule has 1 aromatic heterocycles. The second-order valence-electron chi connectivity index (χ2n) is 6.62. The molecular weight excluding hydrogens is 314 g/mol. The van der Waals surface area contributed by atoms with Crippen LogP contribution in [0.5, 0.6) is 0 Å². The second kappa shape index (κ2) is 10.4. The first kappa shape index (κ1) is 19.8. The molecule has 1 aliphatic rings. The number of aliphatic imine (C=N–C) groups is 1. The number of hydrogen-bond acceptors (Lipinski definition) is 4. The molecule has 1 fully saturated rings. The molecule has 0 spiro atoms. The summed E-state index contributed by atoms with van der Waals surface area (Å²) in [6, 6.07) is 0.583. The molecule has 2 N–H and O–H groups in total. The van der Waals surface area contributed by atoms with Gasteiger partial charge in [-0.3, -0.25) is 4.90 Å². The Labute approximate surface area is 152 Å². The van der Waals surface area contributed by atoms with Crippen LogP contribution in [0.15, 0.2) is 9.52 Å². The van der Waals surface area contributed by atoms with Gasteiger partial charge in [-0.25, -0.2) is 4.99 Å². The summed E-state index contributed by atoms with van der Waals surface area (Å²) in [5.74, 6) is 1.84. The molecular formula is C19H35N5O. The van der Waals surface area contributed by atoms with Gasteiger partial charge in [0.05, 0.1) is 12.2 Å². The fraction of sp³-hybridized carbons (Fsp3) is 0.789. The van der Waals surface area contributed by atoms with Crippen LogP contribution in [0.4, 0.5) is 0 Å². The Morgan fingerprint density at radius 1 is 1.16 bits per heavy atom. The van der Waals surface area contributed by atoms with E-state index >= 15 is 0 Å². The molecule has 0 amide bonds. The van der Waals surface area contributed by atoms with Crippen molar-refractivity contribution in [2.45, 2.75) is 72.4 Å². The molecule has 0 saturated carbocycles. The highest BCUT2D eigenvalue weighted by Gasteiger charge is 2.20. The lowest BCUT2D eigenvalue weighted by molar-refractivity contribution is 0.236. The zero-order chi connectivity index (χ0) is 18.1. The smallest absolute Gasteiger partial charge is 0.191 e. The second-order valence-corrected chi connectivity index (χ2v) is 6.62. The largest absolute Gasteiger partial charge is 0.361 e. The molecule has 0 bridgehead atoms. The van der Waals surface area contributed by atoms with E-state index in [0.29, 0.717) is 12.6 Å². The van der Waals surface area contributed by atoms with Crippen molar-refractivity contribution in [3.05, 3.63) is 17.0 Å². The molecule has 0 aliphatic carbocycles. The van der Waals surface area contributed by atoms with Crippen molar-refractivity contribution in [2.24, 2.45) is 4.99 Å². The molecule has 6 nitrogen and oxygen atoms in total. The predicted molar refractivity (Wildman–Crippen MR) is 103 cm³/mol. The number of guanidine groups is 1. The molecule has 0 radical (unpaired) electrons. The van der Waals surface area contributed by atoms with Crippen molar-refractivity contribution >= 4 is 5.96 Å². The molecule has 2 heterocycles. The lowest BCUT2D eigenvalue weighted by Crippen LogP contribution is -2.46.